The lowest BCUT2D eigenvalue weighted by molar-refractivity contribution is -0.311. The van der Waals surface area contributed by atoms with Crippen molar-refractivity contribution in [2.75, 3.05) is 0 Å². The topological polar surface area (TPSA) is 80.6 Å². The first kappa shape index (κ1) is 17.4. The van der Waals surface area contributed by atoms with Crippen molar-refractivity contribution < 1.29 is 20.1 Å². The van der Waals surface area contributed by atoms with Gasteiger partial charge >= 0.3 is 0 Å². The van der Waals surface area contributed by atoms with Crippen molar-refractivity contribution in [3.63, 3.8) is 0 Å². The molecule has 0 aliphatic carbocycles. The van der Waals surface area contributed by atoms with E-state index >= 15 is 0 Å². The Morgan fingerprint density at radius 3 is 2.06 bits per heavy atom. The van der Waals surface area contributed by atoms with E-state index in [1.807, 2.05) is 0 Å². The van der Waals surface area contributed by atoms with E-state index in [2.05, 4.69) is 0 Å². The van der Waals surface area contributed by atoms with Crippen LogP contribution in [0.5, 0.6) is 0 Å². The number of rotatable bonds is 9. The fraction of sp³-hybridized carbons (Fsp3) is 0.929. The molecule has 0 rings (SSSR count). The van der Waals surface area contributed by atoms with E-state index in [-0.39, 0.29) is 0 Å². The van der Waals surface area contributed by atoms with Gasteiger partial charge in [-0.05, 0) is 65.2 Å². The average Bonchev–Trinajstić information content (AvgIpc) is 2.14. The predicted molar refractivity (Wildman–Crippen MR) is 68.8 cm³/mol. The predicted octanol–water partition coefficient (Wildman–Crippen LogP) is 1.23. The molecule has 0 saturated carbocycles. The number of carbonyl (C=O) groups is 1. The van der Waals surface area contributed by atoms with Crippen LogP contribution < -0.4 is 5.11 Å². The molecule has 0 aliphatic heterocycles. The first-order chi connectivity index (χ1) is 8.03. The molecule has 0 aromatic carbocycles. The maximum Gasteiger partial charge on any atom is 0.0619 e. The number of aliphatic hydroxyl groups is 2. The average molecular weight is 259 g/mol. The van der Waals surface area contributed by atoms with Crippen molar-refractivity contribution in [1.29, 1.82) is 0 Å². The summed E-state index contributed by atoms with van der Waals surface area (Å²) in [5, 5.41) is 30.2. The summed E-state index contributed by atoms with van der Waals surface area (Å²) < 4.78 is 0. The molecule has 2 unspecified atom stereocenters. The van der Waals surface area contributed by atoms with Crippen molar-refractivity contribution in [3.05, 3.63) is 0 Å². The lowest BCUT2D eigenvalue weighted by Gasteiger charge is -2.26. The molecule has 18 heavy (non-hydrogen) atoms. The van der Waals surface area contributed by atoms with Crippen LogP contribution in [0.3, 0.4) is 0 Å². The minimum absolute atomic E-state index is 0.461. The summed E-state index contributed by atoms with van der Waals surface area (Å²) in [6, 6.07) is 0. The van der Waals surface area contributed by atoms with Gasteiger partial charge in [0.25, 0.3) is 0 Å². The fourth-order valence-electron chi connectivity index (χ4n) is 1.93. The smallest absolute Gasteiger partial charge is 0.0619 e. The van der Waals surface area contributed by atoms with Gasteiger partial charge in [-0.15, -0.1) is 0 Å². The Kier molecular flexibility index (Phi) is 6.86. The third-order valence-corrected chi connectivity index (χ3v) is 3.26. The van der Waals surface area contributed by atoms with Gasteiger partial charge in [-0.1, -0.05) is 6.92 Å². The molecule has 0 saturated heterocycles. The van der Waals surface area contributed by atoms with Crippen LogP contribution in [-0.2, 0) is 4.79 Å². The van der Waals surface area contributed by atoms with Crippen LogP contribution in [0.25, 0.3) is 0 Å². The minimum Gasteiger partial charge on any atom is -0.550 e. The second-order valence-corrected chi connectivity index (χ2v) is 6.28. The number of hydrogen-bond donors (Lipinski definition) is 2. The molecule has 0 spiro atoms. The second kappa shape index (κ2) is 7.10. The van der Waals surface area contributed by atoms with E-state index in [1.165, 1.54) is 0 Å². The van der Waals surface area contributed by atoms with Crippen molar-refractivity contribution >= 4 is 5.97 Å². The molecule has 0 radical (unpaired) electrons. The molecule has 0 aromatic rings. The van der Waals surface area contributed by atoms with Crippen molar-refractivity contribution in [2.24, 2.45) is 5.92 Å². The van der Waals surface area contributed by atoms with Gasteiger partial charge < -0.3 is 20.1 Å². The summed E-state index contributed by atoms with van der Waals surface area (Å²) >= 11 is 0. The Morgan fingerprint density at radius 1 is 1.11 bits per heavy atom. The van der Waals surface area contributed by atoms with E-state index in [0.29, 0.717) is 32.1 Å². The van der Waals surface area contributed by atoms with E-state index in [0.717, 1.165) is 6.42 Å². The highest BCUT2D eigenvalue weighted by Crippen LogP contribution is 2.24. The SMILES string of the molecule is CC(CCCC(C)(O)CCCC(C)(C)O)C(=O)[O-]. The monoisotopic (exact) mass is 259 g/mol. The highest BCUT2D eigenvalue weighted by molar-refractivity contribution is 5.66. The van der Waals surface area contributed by atoms with Gasteiger partial charge in [0.05, 0.1) is 11.2 Å². The van der Waals surface area contributed by atoms with Gasteiger partial charge in [0, 0.05) is 5.97 Å². The zero-order valence-corrected chi connectivity index (χ0v) is 12.0. The van der Waals surface area contributed by atoms with Crippen LogP contribution in [0.1, 0.15) is 66.2 Å². The summed E-state index contributed by atoms with van der Waals surface area (Å²) in [7, 11) is 0. The largest absolute Gasteiger partial charge is 0.550 e. The van der Waals surface area contributed by atoms with Gasteiger partial charge in [0.2, 0.25) is 0 Å². The third-order valence-electron chi connectivity index (χ3n) is 3.26. The summed E-state index contributed by atoms with van der Waals surface area (Å²) in [5.74, 6) is -1.49. The Morgan fingerprint density at radius 2 is 1.61 bits per heavy atom. The maximum atomic E-state index is 10.5. The highest BCUT2D eigenvalue weighted by Gasteiger charge is 2.22. The first-order valence-electron chi connectivity index (χ1n) is 6.69. The zero-order chi connectivity index (χ0) is 14.4. The fourth-order valence-corrected chi connectivity index (χ4v) is 1.93. The molecule has 4 nitrogen and oxygen atoms in total. The van der Waals surface area contributed by atoms with E-state index < -0.39 is 23.1 Å². The Labute approximate surface area is 110 Å². The summed E-state index contributed by atoms with van der Waals surface area (Å²) in [5.41, 5.74) is -1.48. The minimum atomic E-state index is -1.03. The van der Waals surface area contributed by atoms with Crippen LogP contribution in [0.2, 0.25) is 0 Å². The molecule has 0 amide bonds. The van der Waals surface area contributed by atoms with Gasteiger partial charge in [-0.3, -0.25) is 0 Å². The second-order valence-electron chi connectivity index (χ2n) is 6.28. The van der Waals surface area contributed by atoms with Crippen molar-refractivity contribution in [1.82, 2.24) is 0 Å². The Bertz CT molecular complexity index is 253. The van der Waals surface area contributed by atoms with E-state index in [9.17, 15) is 20.1 Å². The molecule has 2 atom stereocenters. The number of carboxylic acids is 1. The summed E-state index contributed by atoms with van der Waals surface area (Å²) in [4.78, 5) is 10.5. The normalized spacial score (nSPS) is 17.2. The standard InChI is InChI=1S/C14H28O4/c1-11(12(15)16)7-5-9-14(4,18)10-6-8-13(2,3)17/h11,17-18H,5-10H2,1-4H3,(H,15,16)/p-1. The van der Waals surface area contributed by atoms with E-state index in [1.54, 1.807) is 27.7 Å². The third kappa shape index (κ3) is 9.42. The number of aliphatic carboxylic acids is 1. The quantitative estimate of drug-likeness (QED) is 0.652. The molecule has 0 aliphatic rings. The van der Waals surface area contributed by atoms with Crippen LogP contribution in [0.15, 0.2) is 0 Å². The van der Waals surface area contributed by atoms with Gasteiger partial charge in [0.1, 0.15) is 0 Å². The molecule has 0 fully saturated rings. The highest BCUT2D eigenvalue weighted by atomic mass is 16.4. The number of hydrogen-bond acceptors (Lipinski definition) is 4. The Hall–Kier alpha value is -0.610. The Balaban J connectivity index is 3.83. The molecular formula is C14H27O4-. The van der Waals surface area contributed by atoms with Crippen LogP contribution in [0.4, 0.5) is 0 Å². The van der Waals surface area contributed by atoms with Crippen LogP contribution in [-0.4, -0.2) is 27.4 Å². The van der Waals surface area contributed by atoms with Crippen LogP contribution >= 0.6 is 0 Å². The molecule has 108 valence electrons. The number of carbonyl (C=O) groups excluding carboxylic acids is 1. The van der Waals surface area contributed by atoms with Gasteiger partial charge in [0.15, 0.2) is 0 Å². The molecule has 2 N–H and O–H groups in total. The van der Waals surface area contributed by atoms with Crippen molar-refractivity contribution in [2.45, 2.75) is 77.4 Å². The molecule has 0 aromatic heterocycles. The lowest BCUT2D eigenvalue weighted by Crippen LogP contribution is -2.30. The maximum absolute atomic E-state index is 10.5. The summed E-state index contributed by atoms with van der Waals surface area (Å²) in [6.45, 7) is 6.89. The molecule has 4 heteroatoms. The molecular weight excluding hydrogens is 232 g/mol. The first-order valence-corrected chi connectivity index (χ1v) is 6.69. The van der Waals surface area contributed by atoms with Crippen LogP contribution in [0, 0.1) is 5.92 Å². The molecule has 0 bridgehead atoms. The molecule has 0 heterocycles. The van der Waals surface area contributed by atoms with Crippen molar-refractivity contribution in [3.8, 4) is 0 Å². The lowest BCUT2D eigenvalue weighted by atomic mass is 9.89. The van der Waals surface area contributed by atoms with Gasteiger partial charge in [-0.2, -0.15) is 0 Å². The zero-order valence-electron chi connectivity index (χ0n) is 12.0. The van der Waals surface area contributed by atoms with E-state index in [4.69, 9.17) is 0 Å². The number of carboxylic acid groups (broad SMARTS) is 1. The van der Waals surface area contributed by atoms with Gasteiger partial charge in [-0.25, -0.2) is 0 Å². The summed E-state index contributed by atoms with van der Waals surface area (Å²) in [6.07, 6.45) is 3.81.